The second-order valence-corrected chi connectivity index (χ2v) is 12.2. The van der Waals surface area contributed by atoms with Crippen molar-refractivity contribution >= 4 is 0 Å². The third kappa shape index (κ3) is 2.41. The summed E-state index contributed by atoms with van der Waals surface area (Å²) in [6, 6.07) is 0. The summed E-state index contributed by atoms with van der Waals surface area (Å²) >= 11 is 0. The van der Waals surface area contributed by atoms with E-state index < -0.39 is 17.8 Å². The molecule has 4 heteroatoms. The molecule has 0 radical (unpaired) electrons. The second-order valence-electron chi connectivity index (χ2n) is 12.2. The van der Waals surface area contributed by atoms with Crippen molar-refractivity contribution in [2.75, 3.05) is 13.2 Å². The van der Waals surface area contributed by atoms with Gasteiger partial charge in [-0.15, -0.1) is 0 Å². The predicted molar refractivity (Wildman–Crippen MR) is 112 cm³/mol. The van der Waals surface area contributed by atoms with E-state index in [4.69, 9.17) is 4.74 Å². The second kappa shape index (κ2) is 6.31. The van der Waals surface area contributed by atoms with Gasteiger partial charge in [-0.3, -0.25) is 0 Å². The van der Waals surface area contributed by atoms with E-state index in [0.717, 1.165) is 24.8 Å². The number of allylic oxidation sites excluding steroid dienone is 1. The van der Waals surface area contributed by atoms with Gasteiger partial charge in [0.2, 0.25) is 0 Å². The van der Waals surface area contributed by atoms with Gasteiger partial charge >= 0.3 is 0 Å². The monoisotopic (exact) mass is 404 g/mol. The molecule has 0 aromatic carbocycles. The first-order valence-electron chi connectivity index (χ1n) is 11.9. The highest BCUT2D eigenvalue weighted by Gasteiger charge is 2.70. The normalized spacial score (nSPS) is 55.9. The zero-order valence-electron chi connectivity index (χ0n) is 18.7. The number of hydrogen-bond acceptors (Lipinski definition) is 4. The largest absolute Gasteiger partial charge is 0.396 e. The Labute approximate surface area is 175 Å². The van der Waals surface area contributed by atoms with Crippen molar-refractivity contribution in [3.8, 4) is 0 Å². The molecule has 164 valence electrons. The van der Waals surface area contributed by atoms with E-state index in [1.54, 1.807) is 0 Å². The quantitative estimate of drug-likeness (QED) is 0.580. The van der Waals surface area contributed by atoms with Crippen LogP contribution in [0.15, 0.2) is 11.6 Å². The molecule has 4 aliphatic carbocycles. The van der Waals surface area contributed by atoms with Crippen molar-refractivity contribution in [2.45, 2.75) is 85.0 Å². The molecule has 29 heavy (non-hydrogen) atoms. The van der Waals surface area contributed by atoms with E-state index in [0.29, 0.717) is 23.9 Å². The molecule has 9 atom stereocenters. The lowest BCUT2D eigenvalue weighted by molar-refractivity contribution is -0.261. The maximum atomic E-state index is 11.6. The van der Waals surface area contributed by atoms with Gasteiger partial charge in [-0.1, -0.05) is 40.2 Å². The minimum absolute atomic E-state index is 0.144. The number of aliphatic hydroxyl groups excluding tert-OH is 3. The summed E-state index contributed by atoms with van der Waals surface area (Å²) < 4.78 is 5.61. The Morgan fingerprint density at radius 3 is 2.52 bits per heavy atom. The molecule has 1 saturated heterocycles. The number of aliphatic hydroxyl groups is 3. The highest BCUT2D eigenvalue weighted by atomic mass is 16.6. The number of hydrogen-bond donors (Lipinski definition) is 3. The van der Waals surface area contributed by atoms with Crippen LogP contribution in [0.2, 0.25) is 0 Å². The molecular formula is C25H40O4. The van der Waals surface area contributed by atoms with Crippen LogP contribution in [0.4, 0.5) is 0 Å². The van der Waals surface area contributed by atoms with Crippen molar-refractivity contribution in [3.05, 3.63) is 11.6 Å². The molecule has 0 amide bonds. The first-order valence-corrected chi connectivity index (χ1v) is 11.9. The first-order chi connectivity index (χ1) is 13.6. The van der Waals surface area contributed by atoms with Gasteiger partial charge in [0.05, 0.1) is 12.7 Å². The molecular weight excluding hydrogens is 364 g/mol. The predicted octanol–water partition coefficient (Wildman–Crippen LogP) is 3.89. The lowest BCUT2D eigenvalue weighted by Crippen LogP contribution is -2.68. The minimum atomic E-state index is -0.837. The van der Waals surface area contributed by atoms with Gasteiger partial charge < -0.3 is 20.1 Å². The van der Waals surface area contributed by atoms with Crippen LogP contribution in [0.1, 0.15) is 72.6 Å². The number of ether oxygens (including phenoxy) is 1. The van der Waals surface area contributed by atoms with Crippen molar-refractivity contribution in [2.24, 2.45) is 45.3 Å². The molecule has 3 N–H and O–H groups in total. The highest BCUT2D eigenvalue weighted by molar-refractivity contribution is 5.28. The van der Waals surface area contributed by atoms with Crippen LogP contribution < -0.4 is 0 Å². The van der Waals surface area contributed by atoms with Crippen LogP contribution in [0.5, 0.6) is 0 Å². The summed E-state index contributed by atoms with van der Waals surface area (Å²) in [6.45, 7) is 10.2. The third-order valence-corrected chi connectivity index (χ3v) is 11.0. The lowest BCUT2D eigenvalue weighted by atomic mass is 9.34. The fraction of sp³-hybridized carbons (Fsp3) is 0.920. The Hall–Kier alpha value is -0.420. The van der Waals surface area contributed by atoms with E-state index in [1.165, 1.54) is 25.7 Å². The fourth-order valence-electron chi connectivity index (χ4n) is 9.72. The number of fused-ring (bicyclic) bond motifs is 7. The van der Waals surface area contributed by atoms with E-state index >= 15 is 0 Å². The molecule has 4 fully saturated rings. The van der Waals surface area contributed by atoms with Gasteiger partial charge in [-0.05, 0) is 72.7 Å². The molecule has 0 spiro atoms. The summed E-state index contributed by atoms with van der Waals surface area (Å²) in [7, 11) is 0. The molecule has 5 aliphatic rings. The zero-order chi connectivity index (χ0) is 20.8. The minimum Gasteiger partial charge on any atom is -0.396 e. The zero-order valence-corrected chi connectivity index (χ0v) is 18.7. The SMILES string of the molecule is CC1(C)CCCC2(C)C1CCC1(CO)C2CC(O)C2(C)C3C(=CCC12)COC3O. The standard InChI is InChI=1S/C25H40O4/c1-22(2)9-5-10-23(3)16(22)8-11-25(14-26)17-7-6-15-13-29-21(28)20(15)24(17,4)19(27)12-18(23)25/h6,16-21,26-28H,5,7-14H2,1-4H3. The molecule has 0 aromatic heterocycles. The van der Waals surface area contributed by atoms with Gasteiger partial charge in [0.25, 0.3) is 0 Å². The van der Waals surface area contributed by atoms with Crippen molar-refractivity contribution < 1.29 is 20.1 Å². The van der Waals surface area contributed by atoms with E-state index in [2.05, 4.69) is 33.8 Å². The van der Waals surface area contributed by atoms with E-state index in [9.17, 15) is 15.3 Å². The van der Waals surface area contributed by atoms with Crippen LogP contribution in [-0.4, -0.2) is 40.9 Å². The topological polar surface area (TPSA) is 69.9 Å². The maximum Gasteiger partial charge on any atom is 0.162 e. The van der Waals surface area contributed by atoms with E-state index in [1.807, 2.05) is 0 Å². The summed E-state index contributed by atoms with van der Waals surface area (Å²) in [5.41, 5.74) is 1.04. The smallest absolute Gasteiger partial charge is 0.162 e. The number of rotatable bonds is 1. The van der Waals surface area contributed by atoms with Crippen LogP contribution in [0, 0.1) is 45.3 Å². The van der Waals surface area contributed by atoms with Gasteiger partial charge in [0.15, 0.2) is 6.29 Å². The molecule has 1 aliphatic heterocycles. The van der Waals surface area contributed by atoms with Crippen LogP contribution in [0.3, 0.4) is 0 Å². The summed E-state index contributed by atoms with van der Waals surface area (Å²) in [6.07, 6.45) is 8.53. The lowest BCUT2D eigenvalue weighted by Gasteiger charge is -2.70. The average Bonchev–Trinajstić information content (AvgIpc) is 3.04. The Balaban J connectivity index is 1.62. The molecule has 9 unspecified atom stereocenters. The Kier molecular flexibility index (Phi) is 4.45. The molecule has 0 aromatic rings. The van der Waals surface area contributed by atoms with Crippen LogP contribution in [-0.2, 0) is 4.74 Å². The Morgan fingerprint density at radius 2 is 1.79 bits per heavy atom. The van der Waals surface area contributed by atoms with Gasteiger partial charge in [-0.2, -0.15) is 0 Å². The van der Waals surface area contributed by atoms with E-state index in [-0.39, 0.29) is 29.3 Å². The molecule has 0 bridgehead atoms. The van der Waals surface area contributed by atoms with Gasteiger partial charge in [-0.25, -0.2) is 0 Å². The summed E-state index contributed by atoms with van der Waals surface area (Å²) in [5.74, 6) is 1.02. The summed E-state index contributed by atoms with van der Waals surface area (Å²) in [5, 5.41) is 33.3. The average molecular weight is 405 g/mol. The van der Waals surface area contributed by atoms with Crippen LogP contribution in [0.25, 0.3) is 0 Å². The third-order valence-electron chi connectivity index (χ3n) is 11.0. The molecule has 5 rings (SSSR count). The van der Waals surface area contributed by atoms with Crippen molar-refractivity contribution in [1.82, 2.24) is 0 Å². The van der Waals surface area contributed by atoms with Crippen molar-refractivity contribution in [1.29, 1.82) is 0 Å². The first kappa shape index (κ1) is 20.5. The molecule has 1 heterocycles. The van der Waals surface area contributed by atoms with Gasteiger partial charge in [0.1, 0.15) is 0 Å². The molecule has 4 nitrogen and oxygen atoms in total. The van der Waals surface area contributed by atoms with Crippen LogP contribution >= 0.6 is 0 Å². The van der Waals surface area contributed by atoms with Crippen molar-refractivity contribution in [3.63, 3.8) is 0 Å². The fourth-order valence-corrected chi connectivity index (χ4v) is 9.72. The molecule has 3 saturated carbocycles. The Bertz CT molecular complexity index is 716. The Morgan fingerprint density at radius 1 is 1.03 bits per heavy atom. The summed E-state index contributed by atoms with van der Waals surface area (Å²) in [4.78, 5) is 0. The maximum absolute atomic E-state index is 11.6. The van der Waals surface area contributed by atoms with Gasteiger partial charge in [0, 0.05) is 23.4 Å². The highest BCUT2D eigenvalue weighted by Crippen LogP contribution is 2.73.